The average molecular weight is 409 g/mol. The van der Waals surface area contributed by atoms with Crippen LogP contribution in [0.1, 0.15) is 30.0 Å². The van der Waals surface area contributed by atoms with Crippen LogP contribution in [0.25, 0.3) is 5.76 Å². The standard InChI is InChI=1S/C23H23NO6/c1-29-17-9-7-14(8-10-17)21(26)19-20(15-4-2-5-16(25)12-15)24(23(28)22(19)27)13-18-6-3-11-30-18/h2,4-5,7-10,12,18,20,25-26H,3,6,11,13H2,1H3/t18-,20+/m1/s1. The first kappa shape index (κ1) is 20.0. The van der Waals surface area contributed by atoms with E-state index in [0.29, 0.717) is 23.5 Å². The first-order chi connectivity index (χ1) is 14.5. The van der Waals surface area contributed by atoms with Gasteiger partial charge >= 0.3 is 0 Å². The number of methoxy groups -OCH3 is 1. The monoisotopic (exact) mass is 409 g/mol. The summed E-state index contributed by atoms with van der Waals surface area (Å²) in [5, 5.41) is 21.0. The molecule has 30 heavy (non-hydrogen) atoms. The van der Waals surface area contributed by atoms with E-state index in [-0.39, 0.29) is 29.7 Å². The molecule has 0 radical (unpaired) electrons. The molecule has 2 fully saturated rings. The van der Waals surface area contributed by atoms with Crippen molar-refractivity contribution in [1.82, 2.24) is 4.90 Å². The van der Waals surface area contributed by atoms with Crippen molar-refractivity contribution in [2.45, 2.75) is 25.0 Å². The molecule has 2 heterocycles. The van der Waals surface area contributed by atoms with Crippen LogP contribution in [0, 0.1) is 0 Å². The second-order valence-corrected chi connectivity index (χ2v) is 7.41. The summed E-state index contributed by atoms with van der Waals surface area (Å²) in [6.07, 6.45) is 1.54. The minimum absolute atomic E-state index is 0.00577. The molecule has 2 aliphatic heterocycles. The molecule has 0 bridgehead atoms. The first-order valence-electron chi connectivity index (χ1n) is 9.83. The molecule has 2 aromatic rings. The topological polar surface area (TPSA) is 96.3 Å². The zero-order valence-electron chi connectivity index (χ0n) is 16.6. The summed E-state index contributed by atoms with van der Waals surface area (Å²) >= 11 is 0. The summed E-state index contributed by atoms with van der Waals surface area (Å²) < 4.78 is 10.8. The second-order valence-electron chi connectivity index (χ2n) is 7.41. The van der Waals surface area contributed by atoms with E-state index < -0.39 is 17.7 Å². The average Bonchev–Trinajstić information content (AvgIpc) is 3.36. The zero-order chi connectivity index (χ0) is 21.3. The molecule has 0 aliphatic carbocycles. The predicted octanol–water partition coefficient (Wildman–Crippen LogP) is 3.00. The Morgan fingerprint density at radius 1 is 1.20 bits per heavy atom. The lowest BCUT2D eigenvalue weighted by molar-refractivity contribution is -0.140. The summed E-state index contributed by atoms with van der Waals surface area (Å²) in [7, 11) is 1.54. The van der Waals surface area contributed by atoms with Crippen molar-refractivity contribution in [2.24, 2.45) is 0 Å². The summed E-state index contributed by atoms with van der Waals surface area (Å²) in [5.74, 6) is -1.09. The fourth-order valence-electron chi connectivity index (χ4n) is 4.02. The number of rotatable bonds is 5. The third kappa shape index (κ3) is 3.64. The van der Waals surface area contributed by atoms with Crippen LogP contribution in [-0.2, 0) is 14.3 Å². The van der Waals surface area contributed by atoms with Gasteiger partial charge in [0.15, 0.2) is 0 Å². The Kier molecular flexibility index (Phi) is 5.46. The number of benzene rings is 2. The second kappa shape index (κ2) is 8.20. The van der Waals surface area contributed by atoms with Crippen LogP contribution >= 0.6 is 0 Å². The van der Waals surface area contributed by atoms with Crippen molar-refractivity contribution in [2.75, 3.05) is 20.3 Å². The SMILES string of the molecule is COc1ccc(C(O)=C2C(=O)C(=O)N(C[C@H]3CCCO3)[C@H]2c2cccc(O)c2)cc1. The summed E-state index contributed by atoms with van der Waals surface area (Å²) in [6, 6.07) is 12.1. The van der Waals surface area contributed by atoms with E-state index in [9.17, 15) is 19.8 Å². The van der Waals surface area contributed by atoms with Crippen molar-refractivity contribution in [3.8, 4) is 11.5 Å². The van der Waals surface area contributed by atoms with Crippen molar-refractivity contribution in [3.63, 3.8) is 0 Å². The van der Waals surface area contributed by atoms with Gasteiger partial charge in [0.2, 0.25) is 0 Å². The van der Waals surface area contributed by atoms with Crippen LogP contribution in [0.2, 0.25) is 0 Å². The molecule has 7 nitrogen and oxygen atoms in total. The van der Waals surface area contributed by atoms with Gasteiger partial charge in [0.25, 0.3) is 11.7 Å². The molecular weight excluding hydrogens is 386 g/mol. The van der Waals surface area contributed by atoms with E-state index in [1.807, 2.05) is 0 Å². The number of carbonyl (C=O) groups is 2. The number of carbonyl (C=O) groups excluding carboxylic acids is 2. The Morgan fingerprint density at radius 2 is 1.97 bits per heavy atom. The van der Waals surface area contributed by atoms with Gasteiger partial charge in [0, 0.05) is 18.7 Å². The third-order valence-corrected chi connectivity index (χ3v) is 5.51. The maximum Gasteiger partial charge on any atom is 0.295 e. The van der Waals surface area contributed by atoms with Gasteiger partial charge < -0.3 is 24.6 Å². The van der Waals surface area contributed by atoms with Crippen molar-refractivity contribution in [3.05, 3.63) is 65.2 Å². The fraction of sp³-hybridized carbons (Fsp3) is 0.304. The molecule has 0 saturated carbocycles. The van der Waals surface area contributed by atoms with Gasteiger partial charge in [-0.2, -0.15) is 0 Å². The number of amides is 1. The molecule has 2 saturated heterocycles. The Labute approximate surface area is 174 Å². The van der Waals surface area contributed by atoms with Gasteiger partial charge in [-0.1, -0.05) is 12.1 Å². The lowest BCUT2D eigenvalue weighted by Crippen LogP contribution is -2.36. The minimum atomic E-state index is -0.816. The van der Waals surface area contributed by atoms with E-state index in [2.05, 4.69) is 0 Å². The molecular formula is C23H23NO6. The van der Waals surface area contributed by atoms with Crippen LogP contribution in [0.4, 0.5) is 0 Å². The van der Waals surface area contributed by atoms with Gasteiger partial charge in [0.05, 0.1) is 24.8 Å². The van der Waals surface area contributed by atoms with Crippen LogP contribution in [-0.4, -0.2) is 53.2 Å². The lowest BCUT2D eigenvalue weighted by Gasteiger charge is -2.27. The van der Waals surface area contributed by atoms with Gasteiger partial charge in [-0.3, -0.25) is 9.59 Å². The number of likely N-dealkylation sites (tertiary alicyclic amines) is 1. The molecule has 2 N–H and O–H groups in total. The highest BCUT2D eigenvalue weighted by Gasteiger charge is 2.47. The van der Waals surface area contributed by atoms with Crippen molar-refractivity contribution < 1.29 is 29.3 Å². The number of phenolic OH excluding ortho intramolecular Hbond substituents is 1. The molecule has 7 heteroatoms. The Balaban J connectivity index is 1.81. The summed E-state index contributed by atoms with van der Waals surface area (Å²) in [6.45, 7) is 0.863. The largest absolute Gasteiger partial charge is 0.508 e. The number of hydrogen-bond acceptors (Lipinski definition) is 6. The van der Waals surface area contributed by atoms with E-state index in [4.69, 9.17) is 9.47 Å². The van der Waals surface area contributed by atoms with Crippen LogP contribution in [0.15, 0.2) is 54.1 Å². The quantitative estimate of drug-likeness (QED) is 0.448. The van der Waals surface area contributed by atoms with Crippen LogP contribution in [0.3, 0.4) is 0 Å². The molecule has 2 aromatic carbocycles. The number of aromatic hydroxyl groups is 1. The van der Waals surface area contributed by atoms with E-state index in [0.717, 1.165) is 12.8 Å². The van der Waals surface area contributed by atoms with Gasteiger partial charge in [0.1, 0.15) is 17.3 Å². The summed E-state index contributed by atoms with van der Waals surface area (Å²) in [4.78, 5) is 27.3. The number of aliphatic hydroxyl groups is 1. The van der Waals surface area contributed by atoms with Crippen molar-refractivity contribution in [1.29, 1.82) is 0 Å². The number of hydrogen-bond donors (Lipinski definition) is 2. The number of nitrogens with zero attached hydrogens (tertiary/aromatic N) is 1. The number of ketones is 1. The summed E-state index contributed by atoms with van der Waals surface area (Å²) in [5.41, 5.74) is 0.937. The fourth-order valence-corrected chi connectivity index (χ4v) is 4.02. The number of Topliss-reactive ketones (excluding diaryl/α,β-unsaturated/α-hetero) is 1. The molecule has 2 atom stereocenters. The predicted molar refractivity (Wildman–Crippen MR) is 109 cm³/mol. The highest BCUT2D eigenvalue weighted by molar-refractivity contribution is 6.46. The van der Waals surface area contributed by atoms with Crippen molar-refractivity contribution >= 4 is 17.4 Å². The van der Waals surface area contributed by atoms with Gasteiger partial charge in [-0.15, -0.1) is 0 Å². The Morgan fingerprint density at radius 3 is 2.60 bits per heavy atom. The first-order valence-corrected chi connectivity index (χ1v) is 9.83. The molecule has 0 unspecified atom stereocenters. The van der Waals surface area contributed by atoms with Crippen LogP contribution < -0.4 is 4.74 Å². The highest BCUT2D eigenvalue weighted by atomic mass is 16.5. The number of ether oxygens (including phenoxy) is 2. The molecule has 0 spiro atoms. The molecule has 1 amide bonds. The smallest absolute Gasteiger partial charge is 0.295 e. The van der Waals surface area contributed by atoms with Gasteiger partial charge in [-0.05, 0) is 54.8 Å². The maximum atomic E-state index is 13.0. The molecule has 2 aliphatic rings. The minimum Gasteiger partial charge on any atom is -0.508 e. The zero-order valence-corrected chi connectivity index (χ0v) is 16.6. The van der Waals surface area contributed by atoms with Gasteiger partial charge in [-0.25, -0.2) is 0 Å². The Bertz CT molecular complexity index is 991. The maximum absolute atomic E-state index is 13.0. The van der Waals surface area contributed by atoms with Crippen LogP contribution in [0.5, 0.6) is 11.5 Å². The normalized spacial score (nSPS) is 23.2. The van der Waals surface area contributed by atoms with E-state index in [1.54, 1.807) is 36.4 Å². The third-order valence-electron chi connectivity index (χ3n) is 5.51. The number of phenols is 1. The number of aliphatic hydroxyl groups excluding tert-OH is 1. The molecule has 0 aromatic heterocycles. The van der Waals surface area contributed by atoms with E-state index >= 15 is 0 Å². The Hall–Kier alpha value is -3.32. The molecule has 4 rings (SSSR count). The highest BCUT2D eigenvalue weighted by Crippen LogP contribution is 2.40. The van der Waals surface area contributed by atoms with E-state index in [1.165, 1.54) is 24.1 Å². The lowest BCUT2D eigenvalue weighted by atomic mass is 9.95. The molecule has 156 valence electrons.